The maximum atomic E-state index is 11.4. The Morgan fingerprint density at radius 3 is 2.40 bits per heavy atom. The molecular weight excluding hydrogens is 278 g/mol. The summed E-state index contributed by atoms with van der Waals surface area (Å²) >= 11 is 0. The lowest BCUT2D eigenvalue weighted by atomic mass is 10.2. The zero-order chi connectivity index (χ0) is 15.0. The van der Waals surface area contributed by atoms with Gasteiger partial charge in [0, 0.05) is 6.07 Å². The molecule has 0 amide bonds. The van der Waals surface area contributed by atoms with Crippen LogP contribution in [0.3, 0.4) is 0 Å². The standard InChI is InChI=1S/C14H21NO4S/c1-14(2,3)19-11-7-8-12(15-20(4,16)17)13(9-11)18-10-5-6-10/h7-10,15H,5-6H2,1-4H3. The van der Waals surface area contributed by atoms with Crippen molar-refractivity contribution in [2.75, 3.05) is 11.0 Å². The van der Waals surface area contributed by atoms with Crippen molar-refractivity contribution in [2.45, 2.75) is 45.3 Å². The fraction of sp³-hybridized carbons (Fsp3) is 0.571. The highest BCUT2D eigenvalue weighted by molar-refractivity contribution is 7.92. The van der Waals surface area contributed by atoms with E-state index < -0.39 is 10.0 Å². The van der Waals surface area contributed by atoms with Crippen LogP contribution in [0.15, 0.2) is 18.2 Å². The summed E-state index contributed by atoms with van der Waals surface area (Å²) in [5, 5.41) is 0. The van der Waals surface area contributed by atoms with E-state index >= 15 is 0 Å². The molecule has 20 heavy (non-hydrogen) atoms. The third-order valence-corrected chi connectivity index (χ3v) is 3.08. The van der Waals surface area contributed by atoms with Gasteiger partial charge in [-0.15, -0.1) is 0 Å². The molecule has 1 aliphatic rings. The molecule has 0 aliphatic heterocycles. The summed E-state index contributed by atoms with van der Waals surface area (Å²) in [5.74, 6) is 1.17. The first-order valence-electron chi connectivity index (χ1n) is 6.60. The molecule has 1 aromatic rings. The van der Waals surface area contributed by atoms with E-state index in [0.717, 1.165) is 19.1 Å². The summed E-state index contributed by atoms with van der Waals surface area (Å²) in [7, 11) is -3.33. The fourth-order valence-corrected chi connectivity index (χ4v) is 2.23. The summed E-state index contributed by atoms with van der Waals surface area (Å²) in [5.41, 5.74) is 0.128. The number of sulfonamides is 1. The number of nitrogens with one attached hydrogen (secondary N) is 1. The molecule has 0 spiro atoms. The van der Waals surface area contributed by atoms with Gasteiger partial charge in [0.1, 0.15) is 17.1 Å². The van der Waals surface area contributed by atoms with Crippen LogP contribution in [0.4, 0.5) is 5.69 Å². The van der Waals surface area contributed by atoms with Crippen molar-refractivity contribution in [3.63, 3.8) is 0 Å². The van der Waals surface area contributed by atoms with Crippen molar-refractivity contribution < 1.29 is 17.9 Å². The smallest absolute Gasteiger partial charge is 0.229 e. The maximum Gasteiger partial charge on any atom is 0.229 e. The molecule has 0 aromatic heterocycles. The Kier molecular flexibility index (Phi) is 3.86. The van der Waals surface area contributed by atoms with Gasteiger partial charge in [0.2, 0.25) is 10.0 Å². The number of hydrogen-bond donors (Lipinski definition) is 1. The predicted molar refractivity (Wildman–Crippen MR) is 78.9 cm³/mol. The normalized spacial score (nSPS) is 15.8. The molecule has 5 nitrogen and oxygen atoms in total. The number of benzene rings is 1. The van der Waals surface area contributed by atoms with Gasteiger partial charge in [0.25, 0.3) is 0 Å². The lowest BCUT2D eigenvalue weighted by Crippen LogP contribution is -2.23. The van der Waals surface area contributed by atoms with Crippen LogP contribution >= 0.6 is 0 Å². The molecule has 0 heterocycles. The Hall–Kier alpha value is -1.43. The van der Waals surface area contributed by atoms with Crippen LogP contribution < -0.4 is 14.2 Å². The van der Waals surface area contributed by atoms with Crippen molar-refractivity contribution in [1.29, 1.82) is 0 Å². The zero-order valence-corrected chi connectivity index (χ0v) is 13.1. The molecule has 1 fully saturated rings. The summed E-state index contributed by atoms with van der Waals surface area (Å²) in [6, 6.07) is 5.13. The lowest BCUT2D eigenvalue weighted by Gasteiger charge is -2.22. The molecule has 0 bridgehead atoms. The zero-order valence-electron chi connectivity index (χ0n) is 12.3. The monoisotopic (exact) mass is 299 g/mol. The molecule has 112 valence electrons. The second-order valence-corrected chi connectivity index (χ2v) is 7.81. The van der Waals surface area contributed by atoms with Crippen LogP contribution in [0.1, 0.15) is 33.6 Å². The Bertz CT molecular complexity index is 586. The minimum Gasteiger partial charge on any atom is -0.488 e. The van der Waals surface area contributed by atoms with Gasteiger partial charge in [0.05, 0.1) is 18.0 Å². The molecule has 0 saturated heterocycles. The quantitative estimate of drug-likeness (QED) is 0.908. The van der Waals surface area contributed by atoms with E-state index in [0.29, 0.717) is 17.2 Å². The minimum absolute atomic E-state index is 0.181. The van der Waals surface area contributed by atoms with Gasteiger partial charge >= 0.3 is 0 Å². The third kappa shape index (κ3) is 4.92. The lowest BCUT2D eigenvalue weighted by molar-refractivity contribution is 0.130. The number of rotatable bonds is 5. The molecule has 1 saturated carbocycles. The van der Waals surface area contributed by atoms with Crippen LogP contribution in [0, 0.1) is 0 Å². The van der Waals surface area contributed by atoms with Crippen molar-refractivity contribution in [2.24, 2.45) is 0 Å². The summed E-state index contributed by atoms with van der Waals surface area (Å²) in [6.45, 7) is 5.87. The Morgan fingerprint density at radius 2 is 1.90 bits per heavy atom. The number of anilines is 1. The van der Waals surface area contributed by atoms with E-state index in [1.165, 1.54) is 0 Å². The topological polar surface area (TPSA) is 64.6 Å². The van der Waals surface area contributed by atoms with Gasteiger partial charge in [-0.25, -0.2) is 8.42 Å². The van der Waals surface area contributed by atoms with Gasteiger partial charge in [-0.05, 0) is 45.7 Å². The van der Waals surface area contributed by atoms with Crippen LogP contribution in [0.2, 0.25) is 0 Å². The molecule has 1 aromatic carbocycles. The molecule has 6 heteroatoms. The van der Waals surface area contributed by atoms with Crippen LogP contribution in [0.25, 0.3) is 0 Å². The van der Waals surface area contributed by atoms with Crippen LogP contribution in [-0.2, 0) is 10.0 Å². The number of hydrogen-bond acceptors (Lipinski definition) is 4. The molecule has 1 aliphatic carbocycles. The maximum absolute atomic E-state index is 11.4. The molecular formula is C14H21NO4S. The van der Waals surface area contributed by atoms with Gasteiger partial charge in [-0.1, -0.05) is 0 Å². The third-order valence-electron chi connectivity index (χ3n) is 2.49. The van der Waals surface area contributed by atoms with Crippen LogP contribution in [-0.4, -0.2) is 26.4 Å². The van der Waals surface area contributed by atoms with E-state index in [1.54, 1.807) is 18.2 Å². The number of ether oxygens (including phenoxy) is 2. The van der Waals surface area contributed by atoms with Crippen molar-refractivity contribution in [3.8, 4) is 11.5 Å². The summed E-state index contributed by atoms with van der Waals surface area (Å²) < 4.78 is 36.7. The van der Waals surface area contributed by atoms with E-state index in [1.807, 2.05) is 20.8 Å². The second kappa shape index (κ2) is 5.16. The molecule has 0 unspecified atom stereocenters. The molecule has 0 radical (unpaired) electrons. The predicted octanol–water partition coefficient (Wildman–Crippen LogP) is 2.78. The Labute approximate surface area is 120 Å². The summed E-state index contributed by atoms with van der Waals surface area (Å²) in [6.07, 6.45) is 3.30. The van der Waals surface area contributed by atoms with Crippen LogP contribution in [0.5, 0.6) is 11.5 Å². The van der Waals surface area contributed by atoms with Gasteiger partial charge < -0.3 is 9.47 Å². The minimum atomic E-state index is -3.33. The first-order chi connectivity index (χ1) is 9.12. The van der Waals surface area contributed by atoms with Crippen molar-refractivity contribution in [1.82, 2.24) is 0 Å². The van der Waals surface area contributed by atoms with E-state index in [2.05, 4.69) is 4.72 Å². The molecule has 1 N–H and O–H groups in total. The first-order valence-corrected chi connectivity index (χ1v) is 8.49. The largest absolute Gasteiger partial charge is 0.488 e. The van der Waals surface area contributed by atoms with Crippen molar-refractivity contribution >= 4 is 15.7 Å². The van der Waals surface area contributed by atoms with Gasteiger partial charge in [0.15, 0.2) is 0 Å². The Morgan fingerprint density at radius 1 is 1.25 bits per heavy atom. The second-order valence-electron chi connectivity index (χ2n) is 6.06. The van der Waals surface area contributed by atoms with Gasteiger partial charge in [-0.3, -0.25) is 4.72 Å². The molecule has 0 atom stereocenters. The van der Waals surface area contributed by atoms with Gasteiger partial charge in [-0.2, -0.15) is 0 Å². The average molecular weight is 299 g/mol. The highest BCUT2D eigenvalue weighted by Crippen LogP contribution is 2.36. The first kappa shape index (κ1) is 15.0. The Balaban J connectivity index is 2.26. The van der Waals surface area contributed by atoms with E-state index in [4.69, 9.17) is 9.47 Å². The highest BCUT2D eigenvalue weighted by Gasteiger charge is 2.25. The van der Waals surface area contributed by atoms with E-state index in [9.17, 15) is 8.42 Å². The molecule has 2 rings (SSSR count). The highest BCUT2D eigenvalue weighted by atomic mass is 32.2. The average Bonchev–Trinajstić information content (AvgIpc) is 3.01. The van der Waals surface area contributed by atoms with E-state index in [-0.39, 0.29) is 11.7 Å². The fourth-order valence-electron chi connectivity index (χ4n) is 1.67. The summed E-state index contributed by atoms with van der Waals surface area (Å²) in [4.78, 5) is 0. The SMILES string of the molecule is CC(C)(C)Oc1ccc(NS(C)(=O)=O)c(OC2CC2)c1. The van der Waals surface area contributed by atoms with Crippen molar-refractivity contribution in [3.05, 3.63) is 18.2 Å².